The molecule has 2 aromatic rings. The van der Waals surface area contributed by atoms with Gasteiger partial charge in [0, 0.05) is 26.2 Å². The number of benzene rings is 2. The predicted octanol–water partition coefficient (Wildman–Crippen LogP) is 3.16. The predicted molar refractivity (Wildman–Crippen MR) is 139 cm³/mol. The maximum absolute atomic E-state index is 13.4. The van der Waals surface area contributed by atoms with Gasteiger partial charge in [0.1, 0.15) is 11.5 Å². The minimum absolute atomic E-state index is 0.0171. The molecule has 37 heavy (non-hydrogen) atoms. The van der Waals surface area contributed by atoms with Crippen molar-refractivity contribution in [2.75, 3.05) is 45.1 Å². The third kappa shape index (κ3) is 5.70. The summed E-state index contributed by atoms with van der Waals surface area (Å²) in [4.78, 5) is 14.8. The van der Waals surface area contributed by atoms with Crippen LogP contribution in [0.1, 0.15) is 43.0 Å². The number of sulfonamides is 2. The van der Waals surface area contributed by atoms with Crippen LogP contribution < -0.4 is 14.2 Å². The Kier molecular flexibility index (Phi) is 8.00. The summed E-state index contributed by atoms with van der Waals surface area (Å²) < 4.78 is 67.3. The molecule has 0 bridgehead atoms. The molecular weight excluding hydrogens is 518 g/mol. The number of nitrogens with one attached hydrogen (secondary N) is 1. The highest BCUT2D eigenvalue weighted by atomic mass is 32.2. The van der Waals surface area contributed by atoms with Crippen LogP contribution in [0.2, 0.25) is 0 Å². The Morgan fingerprint density at radius 3 is 2.08 bits per heavy atom. The second-order valence-electron chi connectivity index (χ2n) is 9.42. The monoisotopic (exact) mass is 551 g/mol. The van der Waals surface area contributed by atoms with Gasteiger partial charge in [0.15, 0.2) is 0 Å². The molecule has 0 atom stereocenters. The van der Waals surface area contributed by atoms with Crippen LogP contribution in [0.4, 0.5) is 5.69 Å². The highest BCUT2D eigenvalue weighted by molar-refractivity contribution is 7.92. The number of carbonyl (C=O) groups is 1. The van der Waals surface area contributed by atoms with Crippen LogP contribution in [0.25, 0.3) is 0 Å². The van der Waals surface area contributed by atoms with Gasteiger partial charge in [-0.25, -0.2) is 16.8 Å². The summed E-state index contributed by atoms with van der Waals surface area (Å²) in [6, 6.07) is 8.15. The van der Waals surface area contributed by atoms with Crippen molar-refractivity contribution < 1.29 is 31.1 Å². The third-order valence-corrected chi connectivity index (χ3v) is 10.2. The number of hydrogen-bond donors (Lipinski definition) is 1. The molecule has 0 aromatic heterocycles. The van der Waals surface area contributed by atoms with Crippen molar-refractivity contribution in [3.8, 4) is 11.5 Å². The summed E-state index contributed by atoms with van der Waals surface area (Å²) in [6.07, 6.45) is 3.32. The largest absolute Gasteiger partial charge is 0.496 e. The fraction of sp³-hybridized carbons (Fsp3) is 0.480. The molecule has 2 heterocycles. The van der Waals surface area contributed by atoms with E-state index < -0.39 is 20.0 Å². The van der Waals surface area contributed by atoms with Crippen molar-refractivity contribution in [2.45, 2.75) is 42.4 Å². The van der Waals surface area contributed by atoms with E-state index in [1.807, 2.05) is 0 Å². The smallest absolute Gasteiger partial charge is 0.262 e. The Morgan fingerprint density at radius 1 is 0.865 bits per heavy atom. The Labute approximate surface area is 218 Å². The normalized spacial score (nSPS) is 17.5. The quantitative estimate of drug-likeness (QED) is 0.535. The minimum atomic E-state index is -4.21. The molecule has 0 spiro atoms. The Hall–Kier alpha value is -2.83. The van der Waals surface area contributed by atoms with E-state index in [1.54, 1.807) is 4.90 Å². The lowest BCUT2D eigenvalue weighted by atomic mass is 9.98. The van der Waals surface area contributed by atoms with Crippen LogP contribution in [0.3, 0.4) is 0 Å². The van der Waals surface area contributed by atoms with Crippen LogP contribution in [0.5, 0.6) is 11.5 Å². The molecule has 2 aromatic carbocycles. The van der Waals surface area contributed by atoms with Crippen LogP contribution in [-0.4, -0.2) is 72.3 Å². The number of anilines is 1. The molecule has 10 nitrogen and oxygen atoms in total. The number of nitrogens with zero attached hydrogens (tertiary/aromatic N) is 2. The van der Waals surface area contributed by atoms with Gasteiger partial charge in [0.2, 0.25) is 10.0 Å². The molecular formula is C25H33N3O7S2. The Bertz CT molecular complexity index is 1360. The van der Waals surface area contributed by atoms with Crippen LogP contribution in [0, 0.1) is 5.92 Å². The van der Waals surface area contributed by atoms with Crippen molar-refractivity contribution in [3.05, 3.63) is 42.0 Å². The zero-order chi connectivity index (χ0) is 26.8. The van der Waals surface area contributed by atoms with Crippen LogP contribution >= 0.6 is 0 Å². The number of ether oxygens (including phenoxy) is 2. The van der Waals surface area contributed by atoms with Crippen LogP contribution in [-0.2, 0) is 20.0 Å². The number of amides is 1. The summed E-state index contributed by atoms with van der Waals surface area (Å²) in [5.74, 6) is 0.675. The lowest BCUT2D eigenvalue weighted by molar-refractivity contribution is 0.0693. The van der Waals surface area contributed by atoms with Gasteiger partial charge in [-0.1, -0.05) is 6.92 Å². The van der Waals surface area contributed by atoms with Crippen LogP contribution in [0.15, 0.2) is 46.2 Å². The second kappa shape index (κ2) is 10.9. The SMILES string of the molecule is COc1ccc(S(=O)(=O)N2CCCC2)cc1NS(=O)(=O)c1ccc(OC)c(C(=O)N2CCC(C)CC2)c1. The fourth-order valence-corrected chi connectivity index (χ4v) is 7.24. The van der Waals surface area contributed by atoms with Gasteiger partial charge in [-0.3, -0.25) is 9.52 Å². The third-order valence-electron chi connectivity index (χ3n) is 6.90. The van der Waals surface area contributed by atoms with E-state index in [1.165, 1.54) is 54.9 Å². The molecule has 202 valence electrons. The zero-order valence-electron chi connectivity index (χ0n) is 21.3. The first kappa shape index (κ1) is 27.2. The van der Waals surface area contributed by atoms with E-state index >= 15 is 0 Å². The molecule has 12 heteroatoms. The topological polar surface area (TPSA) is 122 Å². The maximum atomic E-state index is 13.4. The molecule has 0 saturated carbocycles. The summed E-state index contributed by atoms with van der Waals surface area (Å²) >= 11 is 0. The zero-order valence-corrected chi connectivity index (χ0v) is 22.9. The molecule has 0 unspecified atom stereocenters. The molecule has 2 saturated heterocycles. The van der Waals surface area contributed by atoms with Crippen molar-refractivity contribution in [2.24, 2.45) is 5.92 Å². The van der Waals surface area contributed by atoms with Gasteiger partial charge in [0.05, 0.1) is 35.3 Å². The van der Waals surface area contributed by atoms with E-state index in [0.717, 1.165) is 25.7 Å². The van der Waals surface area contributed by atoms with Gasteiger partial charge in [-0.15, -0.1) is 0 Å². The first-order valence-corrected chi connectivity index (χ1v) is 15.2. The summed E-state index contributed by atoms with van der Waals surface area (Å²) in [6.45, 7) is 4.17. The van der Waals surface area contributed by atoms with Gasteiger partial charge in [-0.2, -0.15) is 4.31 Å². The average Bonchev–Trinajstić information content (AvgIpc) is 3.44. The Balaban J connectivity index is 1.66. The highest BCUT2D eigenvalue weighted by Gasteiger charge is 2.30. The van der Waals surface area contributed by atoms with Crippen molar-refractivity contribution in [1.29, 1.82) is 0 Å². The molecule has 2 aliphatic heterocycles. The molecule has 1 N–H and O–H groups in total. The lowest BCUT2D eigenvalue weighted by Gasteiger charge is -2.30. The lowest BCUT2D eigenvalue weighted by Crippen LogP contribution is -2.38. The average molecular weight is 552 g/mol. The second-order valence-corrected chi connectivity index (χ2v) is 13.0. The van der Waals surface area contributed by atoms with Crippen molar-refractivity contribution in [1.82, 2.24) is 9.21 Å². The van der Waals surface area contributed by atoms with E-state index in [0.29, 0.717) is 32.1 Å². The molecule has 0 radical (unpaired) electrons. The van der Waals surface area contributed by atoms with Gasteiger partial charge < -0.3 is 14.4 Å². The molecule has 4 rings (SSSR count). The molecule has 2 fully saturated rings. The van der Waals surface area contributed by atoms with Crippen molar-refractivity contribution in [3.63, 3.8) is 0 Å². The minimum Gasteiger partial charge on any atom is -0.496 e. The maximum Gasteiger partial charge on any atom is 0.262 e. The fourth-order valence-electron chi connectivity index (χ4n) is 4.61. The Morgan fingerprint density at radius 2 is 1.46 bits per heavy atom. The summed E-state index contributed by atoms with van der Waals surface area (Å²) in [5, 5.41) is 0. The van der Waals surface area contributed by atoms with E-state index in [9.17, 15) is 21.6 Å². The van der Waals surface area contributed by atoms with Crippen molar-refractivity contribution >= 4 is 31.6 Å². The standard InChI is InChI=1S/C25H33N3O7S2/c1-18-10-14-27(15-11-18)25(29)21-16-19(6-8-23(21)34-2)36(30,31)26-22-17-20(7-9-24(22)35-3)37(32,33)28-12-4-5-13-28/h6-9,16-18,26H,4-5,10-15H2,1-3H3. The number of hydrogen-bond acceptors (Lipinski definition) is 7. The number of likely N-dealkylation sites (tertiary alicyclic amines) is 1. The first-order chi connectivity index (χ1) is 17.6. The van der Waals surface area contributed by atoms with Gasteiger partial charge >= 0.3 is 0 Å². The number of piperidine rings is 1. The molecule has 2 aliphatic rings. The molecule has 0 aliphatic carbocycles. The highest BCUT2D eigenvalue weighted by Crippen LogP contribution is 2.33. The summed E-state index contributed by atoms with van der Waals surface area (Å²) in [7, 11) is -5.19. The first-order valence-electron chi connectivity index (χ1n) is 12.2. The number of rotatable bonds is 8. The van der Waals surface area contributed by atoms with E-state index in [-0.39, 0.29) is 38.4 Å². The molecule has 1 amide bonds. The van der Waals surface area contributed by atoms with Gasteiger partial charge in [-0.05, 0) is 68.0 Å². The van der Waals surface area contributed by atoms with E-state index in [2.05, 4.69) is 11.6 Å². The van der Waals surface area contributed by atoms with E-state index in [4.69, 9.17) is 9.47 Å². The number of methoxy groups -OCH3 is 2. The van der Waals surface area contributed by atoms with Gasteiger partial charge in [0.25, 0.3) is 15.9 Å². The summed E-state index contributed by atoms with van der Waals surface area (Å²) in [5.41, 5.74) is 0.133. The number of carbonyl (C=O) groups excluding carboxylic acids is 1.